The molecule has 2 aromatic rings. The predicted molar refractivity (Wildman–Crippen MR) is 105 cm³/mol. The molecular weight excluding hydrogens is 360 g/mol. The topological polar surface area (TPSA) is 108 Å². The molecule has 7 heteroatoms. The van der Waals surface area contributed by atoms with E-state index in [1.54, 1.807) is 36.4 Å². The third-order valence-corrected chi connectivity index (χ3v) is 3.89. The fourth-order valence-corrected chi connectivity index (χ4v) is 2.36. The molecule has 3 N–H and O–H groups in total. The summed E-state index contributed by atoms with van der Waals surface area (Å²) in [6.07, 6.45) is 3.23. The Labute approximate surface area is 163 Å². The van der Waals surface area contributed by atoms with Crippen LogP contribution in [0.2, 0.25) is 0 Å². The van der Waals surface area contributed by atoms with E-state index < -0.39 is 24.4 Å². The molecule has 0 radical (unpaired) electrons. The molecule has 0 aliphatic carbocycles. The zero-order valence-corrected chi connectivity index (χ0v) is 15.8. The van der Waals surface area contributed by atoms with Gasteiger partial charge in [0.25, 0.3) is 5.91 Å². The van der Waals surface area contributed by atoms with Crippen LogP contribution < -0.4 is 15.8 Å². The second-order valence-electron chi connectivity index (χ2n) is 6.15. The average Bonchev–Trinajstić information content (AvgIpc) is 2.70. The average molecular weight is 384 g/mol. The van der Waals surface area contributed by atoms with Crippen molar-refractivity contribution in [2.24, 2.45) is 5.73 Å². The number of amides is 2. The minimum absolute atomic E-state index is 0.333. The van der Waals surface area contributed by atoms with Crippen molar-refractivity contribution >= 4 is 23.5 Å². The summed E-state index contributed by atoms with van der Waals surface area (Å²) in [7, 11) is 0. The molecule has 0 saturated carbocycles. The summed E-state index contributed by atoms with van der Waals surface area (Å²) in [6.45, 7) is 2.34. The molecule has 28 heavy (non-hydrogen) atoms. The summed E-state index contributed by atoms with van der Waals surface area (Å²) < 4.78 is 10.6. The van der Waals surface area contributed by atoms with E-state index in [4.69, 9.17) is 15.2 Å². The third-order valence-electron chi connectivity index (χ3n) is 3.89. The van der Waals surface area contributed by atoms with Crippen LogP contribution in [0.25, 0.3) is 0 Å². The van der Waals surface area contributed by atoms with Crippen LogP contribution in [0.5, 0.6) is 5.75 Å². The Morgan fingerprint density at radius 1 is 0.929 bits per heavy atom. The number of unbranched alkanes of at least 4 members (excludes halogenated alkanes) is 2. The molecular formula is C21H24N2O5. The van der Waals surface area contributed by atoms with Crippen LogP contribution in [0, 0.1) is 0 Å². The smallest absolute Gasteiger partial charge is 0.338 e. The van der Waals surface area contributed by atoms with Crippen molar-refractivity contribution in [3.63, 3.8) is 0 Å². The largest absolute Gasteiger partial charge is 0.494 e. The molecule has 0 heterocycles. The molecule has 0 aliphatic rings. The van der Waals surface area contributed by atoms with E-state index in [0.29, 0.717) is 29.2 Å². The zero-order valence-electron chi connectivity index (χ0n) is 15.8. The Morgan fingerprint density at radius 3 is 2.18 bits per heavy atom. The Balaban J connectivity index is 1.77. The highest BCUT2D eigenvalue weighted by Gasteiger charge is 2.11. The zero-order chi connectivity index (χ0) is 20.4. The lowest BCUT2D eigenvalue weighted by Crippen LogP contribution is -2.21. The highest BCUT2D eigenvalue weighted by Crippen LogP contribution is 2.14. The summed E-state index contributed by atoms with van der Waals surface area (Å²) in [5.74, 6) is -0.957. The number of carbonyl (C=O) groups excluding carboxylic acids is 3. The first-order chi connectivity index (χ1) is 13.5. The van der Waals surface area contributed by atoms with E-state index in [-0.39, 0.29) is 0 Å². The molecule has 7 nitrogen and oxygen atoms in total. The third kappa shape index (κ3) is 6.75. The Hall–Kier alpha value is -3.35. The van der Waals surface area contributed by atoms with E-state index in [2.05, 4.69) is 12.2 Å². The molecule has 2 amide bonds. The first kappa shape index (κ1) is 21.0. The minimum atomic E-state index is -0.600. The normalized spacial score (nSPS) is 10.2. The van der Waals surface area contributed by atoms with Crippen LogP contribution >= 0.6 is 0 Å². The number of ether oxygens (including phenoxy) is 2. The van der Waals surface area contributed by atoms with Crippen molar-refractivity contribution in [2.75, 3.05) is 18.5 Å². The van der Waals surface area contributed by atoms with Crippen molar-refractivity contribution in [3.8, 4) is 5.75 Å². The molecule has 0 bridgehead atoms. The van der Waals surface area contributed by atoms with Gasteiger partial charge in [0.05, 0.1) is 12.2 Å². The van der Waals surface area contributed by atoms with Gasteiger partial charge in [-0.25, -0.2) is 4.79 Å². The number of nitrogens with one attached hydrogen (secondary N) is 1. The lowest BCUT2D eigenvalue weighted by atomic mass is 10.2. The maximum atomic E-state index is 12.0. The van der Waals surface area contributed by atoms with Gasteiger partial charge in [0.2, 0.25) is 5.91 Å². The number of hydrogen-bond acceptors (Lipinski definition) is 5. The van der Waals surface area contributed by atoms with Crippen LogP contribution in [-0.4, -0.2) is 31.0 Å². The fraction of sp³-hybridized carbons (Fsp3) is 0.286. The standard InChI is InChI=1S/C21H24N2O5/c1-2-3-4-13-27-18-11-7-16(8-12-18)21(26)28-14-19(24)23-17-9-5-15(6-10-17)20(22)25/h5-12H,2-4,13-14H2,1H3,(H2,22,25)(H,23,24). The minimum Gasteiger partial charge on any atom is -0.494 e. The number of hydrogen-bond donors (Lipinski definition) is 2. The summed E-state index contributed by atoms with van der Waals surface area (Å²) in [4.78, 5) is 34.9. The molecule has 0 saturated heterocycles. The van der Waals surface area contributed by atoms with Crippen LogP contribution in [0.4, 0.5) is 5.69 Å². The summed E-state index contributed by atoms with van der Waals surface area (Å²) in [6, 6.07) is 12.7. The van der Waals surface area contributed by atoms with Crippen molar-refractivity contribution in [2.45, 2.75) is 26.2 Å². The van der Waals surface area contributed by atoms with Gasteiger partial charge < -0.3 is 20.5 Å². The number of anilines is 1. The molecule has 2 rings (SSSR count). The fourth-order valence-electron chi connectivity index (χ4n) is 2.36. The summed E-state index contributed by atoms with van der Waals surface area (Å²) in [5.41, 5.74) is 6.29. The number of esters is 1. The molecule has 0 aromatic heterocycles. The van der Waals surface area contributed by atoms with Gasteiger partial charge in [-0.3, -0.25) is 9.59 Å². The van der Waals surface area contributed by atoms with E-state index in [1.165, 1.54) is 12.1 Å². The number of benzene rings is 2. The lowest BCUT2D eigenvalue weighted by molar-refractivity contribution is -0.119. The molecule has 2 aromatic carbocycles. The highest BCUT2D eigenvalue weighted by atomic mass is 16.5. The van der Waals surface area contributed by atoms with Crippen LogP contribution in [0.1, 0.15) is 46.9 Å². The van der Waals surface area contributed by atoms with E-state index in [0.717, 1.165) is 19.3 Å². The molecule has 148 valence electrons. The maximum Gasteiger partial charge on any atom is 0.338 e. The number of carbonyl (C=O) groups is 3. The van der Waals surface area contributed by atoms with Crippen LogP contribution in [0.3, 0.4) is 0 Å². The van der Waals surface area contributed by atoms with Crippen molar-refractivity contribution in [1.82, 2.24) is 0 Å². The van der Waals surface area contributed by atoms with Gasteiger partial charge in [0, 0.05) is 11.3 Å². The first-order valence-corrected chi connectivity index (χ1v) is 9.09. The molecule has 0 unspecified atom stereocenters. The van der Waals surface area contributed by atoms with Crippen LogP contribution in [0.15, 0.2) is 48.5 Å². The van der Waals surface area contributed by atoms with Crippen molar-refractivity contribution in [1.29, 1.82) is 0 Å². The van der Waals surface area contributed by atoms with Gasteiger partial charge in [-0.1, -0.05) is 19.8 Å². The maximum absolute atomic E-state index is 12.0. The highest BCUT2D eigenvalue weighted by molar-refractivity contribution is 5.96. The second kappa shape index (κ2) is 10.7. The first-order valence-electron chi connectivity index (χ1n) is 9.09. The van der Waals surface area contributed by atoms with Gasteiger partial charge >= 0.3 is 5.97 Å². The van der Waals surface area contributed by atoms with E-state index in [1.807, 2.05) is 0 Å². The van der Waals surface area contributed by atoms with Gasteiger partial charge in [-0.05, 0) is 55.0 Å². The monoisotopic (exact) mass is 384 g/mol. The van der Waals surface area contributed by atoms with Crippen LogP contribution in [-0.2, 0) is 9.53 Å². The Morgan fingerprint density at radius 2 is 1.57 bits per heavy atom. The van der Waals surface area contributed by atoms with Gasteiger partial charge in [0.1, 0.15) is 5.75 Å². The Kier molecular flexibility index (Phi) is 8.02. The Bertz CT molecular complexity index is 801. The second-order valence-corrected chi connectivity index (χ2v) is 6.15. The molecule has 0 fully saturated rings. The number of nitrogens with two attached hydrogens (primary N) is 1. The van der Waals surface area contributed by atoms with Gasteiger partial charge in [-0.15, -0.1) is 0 Å². The lowest BCUT2D eigenvalue weighted by Gasteiger charge is -2.08. The SMILES string of the molecule is CCCCCOc1ccc(C(=O)OCC(=O)Nc2ccc(C(N)=O)cc2)cc1. The molecule has 0 aliphatic heterocycles. The van der Waals surface area contributed by atoms with E-state index in [9.17, 15) is 14.4 Å². The predicted octanol–water partition coefficient (Wildman–Crippen LogP) is 3.15. The number of rotatable bonds is 10. The van der Waals surface area contributed by atoms with Crippen molar-refractivity contribution in [3.05, 3.63) is 59.7 Å². The molecule has 0 atom stereocenters. The van der Waals surface area contributed by atoms with Gasteiger partial charge in [0.15, 0.2) is 6.61 Å². The summed E-state index contributed by atoms with van der Waals surface area (Å²) in [5, 5.41) is 2.57. The number of primary amides is 1. The van der Waals surface area contributed by atoms with Crippen molar-refractivity contribution < 1.29 is 23.9 Å². The van der Waals surface area contributed by atoms with Gasteiger partial charge in [-0.2, -0.15) is 0 Å². The molecule has 0 spiro atoms. The quantitative estimate of drug-likeness (QED) is 0.483. The summed E-state index contributed by atoms with van der Waals surface area (Å²) >= 11 is 0. The van der Waals surface area contributed by atoms with E-state index >= 15 is 0 Å².